The van der Waals surface area contributed by atoms with Crippen molar-refractivity contribution in [2.75, 3.05) is 19.8 Å². The van der Waals surface area contributed by atoms with Crippen molar-refractivity contribution in [1.29, 1.82) is 0 Å². The molecule has 0 saturated carbocycles. The van der Waals surface area contributed by atoms with Gasteiger partial charge in [0, 0.05) is 73.6 Å². The lowest BCUT2D eigenvalue weighted by molar-refractivity contribution is -0.129. The maximum Gasteiger partial charge on any atom is 0.219 e. The number of pyridine rings is 1. The van der Waals surface area contributed by atoms with Crippen molar-refractivity contribution in [2.45, 2.75) is 45.7 Å². The first-order valence-corrected chi connectivity index (χ1v) is 12.5. The Morgan fingerprint density at radius 2 is 1.89 bits per heavy atom. The molecule has 0 N–H and O–H groups in total. The van der Waals surface area contributed by atoms with Crippen LogP contribution in [0, 0.1) is 6.92 Å². The smallest absolute Gasteiger partial charge is 0.219 e. The van der Waals surface area contributed by atoms with E-state index < -0.39 is 0 Å². The minimum Gasteiger partial charge on any atom is -0.381 e. The first-order chi connectivity index (χ1) is 17.1. The highest BCUT2D eigenvalue weighted by Crippen LogP contribution is 2.37. The van der Waals surface area contributed by atoms with Gasteiger partial charge in [-0.05, 0) is 31.2 Å². The highest BCUT2D eigenvalue weighted by Gasteiger charge is 2.30. The number of carbonyl (C=O) groups excluding carboxylic acids is 1. The second-order valence-electron chi connectivity index (χ2n) is 9.71. The number of aromatic nitrogens is 3. The van der Waals surface area contributed by atoms with Crippen LogP contribution in [-0.4, -0.2) is 45.3 Å². The van der Waals surface area contributed by atoms with Gasteiger partial charge in [-0.25, -0.2) is 0 Å². The van der Waals surface area contributed by atoms with E-state index in [4.69, 9.17) is 14.8 Å². The van der Waals surface area contributed by atoms with Crippen LogP contribution >= 0.6 is 0 Å². The molecule has 1 amide bonds. The second kappa shape index (κ2) is 8.93. The van der Waals surface area contributed by atoms with Gasteiger partial charge in [-0.3, -0.25) is 14.5 Å². The number of aryl methyl sites for hydroxylation is 1. The summed E-state index contributed by atoms with van der Waals surface area (Å²) in [7, 11) is 0. The predicted molar refractivity (Wildman–Crippen MR) is 137 cm³/mol. The van der Waals surface area contributed by atoms with E-state index >= 15 is 0 Å². The van der Waals surface area contributed by atoms with Gasteiger partial charge in [0.15, 0.2) is 0 Å². The third-order valence-corrected chi connectivity index (χ3v) is 7.44. The minimum absolute atomic E-state index is 0.114. The van der Waals surface area contributed by atoms with E-state index in [1.807, 2.05) is 11.1 Å². The first-order valence-electron chi connectivity index (χ1n) is 12.5. The topological polar surface area (TPSA) is 60.2 Å². The van der Waals surface area contributed by atoms with Crippen molar-refractivity contribution in [3.05, 3.63) is 71.5 Å². The molecule has 4 heterocycles. The van der Waals surface area contributed by atoms with Crippen LogP contribution in [-0.2, 0) is 22.5 Å². The molecule has 35 heavy (non-hydrogen) atoms. The van der Waals surface area contributed by atoms with Crippen molar-refractivity contribution in [3.63, 3.8) is 0 Å². The monoisotopic (exact) mass is 466 g/mol. The number of hydrogen-bond donors (Lipinski definition) is 0. The van der Waals surface area contributed by atoms with Crippen LogP contribution < -0.4 is 0 Å². The highest BCUT2D eigenvalue weighted by molar-refractivity contribution is 5.97. The Kier molecular flexibility index (Phi) is 5.61. The zero-order valence-electron chi connectivity index (χ0n) is 20.3. The van der Waals surface area contributed by atoms with Gasteiger partial charge in [0.2, 0.25) is 5.91 Å². The summed E-state index contributed by atoms with van der Waals surface area (Å²) in [6, 6.07) is 17.4. The van der Waals surface area contributed by atoms with E-state index in [-0.39, 0.29) is 5.91 Å². The molecule has 0 radical (unpaired) electrons. The Hall–Kier alpha value is -3.51. The van der Waals surface area contributed by atoms with Gasteiger partial charge in [0.1, 0.15) is 0 Å². The summed E-state index contributed by atoms with van der Waals surface area (Å²) >= 11 is 0. The lowest BCUT2D eigenvalue weighted by atomic mass is 9.96. The summed E-state index contributed by atoms with van der Waals surface area (Å²) in [4.78, 5) is 19.0. The van der Waals surface area contributed by atoms with E-state index in [1.54, 1.807) is 6.92 Å². The Morgan fingerprint density at radius 1 is 1.09 bits per heavy atom. The summed E-state index contributed by atoms with van der Waals surface area (Å²) in [6.45, 7) is 6.64. The number of nitrogens with zero attached hydrogens (tertiary/aromatic N) is 4. The Bertz CT molecular complexity index is 1400. The Balaban J connectivity index is 1.47. The molecule has 0 bridgehead atoms. The molecule has 6 rings (SSSR count). The molecule has 6 heteroatoms. The lowest BCUT2D eigenvalue weighted by Crippen LogP contribution is -2.35. The SMILES string of the molecule is CC(=O)N1CCc2c(c(-c3cccc4cc(-c5ccc(C)cc5)ncc34)nn2C2CCOCC2)C1. The van der Waals surface area contributed by atoms with Crippen molar-refractivity contribution in [1.82, 2.24) is 19.7 Å². The van der Waals surface area contributed by atoms with Crippen LogP contribution in [0.25, 0.3) is 33.3 Å². The molecular weight excluding hydrogens is 436 g/mol. The summed E-state index contributed by atoms with van der Waals surface area (Å²) < 4.78 is 7.86. The molecule has 178 valence electrons. The maximum atomic E-state index is 12.2. The fourth-order valence-corrected chi connectivity index (χ4v) is 5.42. The van der Waals surface area contributed by atoms with Gasteiger partial charge in [0.05, 0.1) is 17.4 Å². The lowest BCUT2D eigenvalue weighted by Gasteiger charge is -2.29. The van der Waals surface area contributed by atoms with Gasteiger partial charge in [0.25, 0.3) is 0 Å². The van der Waals surface area contributed by atoms with E-state index in [2.05, 4.69) is 60.1 Å². The fraction of sp³-hybridized carbons (Fsp3) is 0.345. The number of fused-ring (bicyclic) bond motifs is 2. The molecule has 4 aromatic rings. The van der Waals surface area contributed by atoms with E-state index in [0.29, 0.717) is 12.6 Å². The molecule has 0 atom stereocenters. The number of rotatable bonds is 3. The van der Waals surface area contributed by atoms with E-state index in [0.717, 1.165) is 72.3 Å². The standard InChI is InChI=1S/C29H30N4O2/c1-19-6-8-21(9-7-19)27-16-22-4-3-5-24(25(22)17-30-27)29-26-18-32(20(2)34)13-10-28(26)33(31-29)23-11-14-35-15-12-23/h3-9,16-17,23H,10-15,18H2,1-2H3. The number of benzene rings is 2. The molecule has 0 aliphatic carbocycles. The molecule has 2 aliphatic rings. The van der Waals surface area contributed by atoms with Crippen molar-refractivity contribution in [2.24, 2.45) is 0 Å². The summed E-state index contributed by atoms with van der Waals surface area (Å²) in [5, 5.41) is 7.44. The molecule has 0 spiro atoms. The summed E-state index contributed by atoms with van der Waals surface area (Å²) in [6.07, 6.45) is 4.76. The van der Waals surface area contributed by atoms with E-state index in [1.165, 1.54) is 16.8 Å². The van der Waals surface area contributed by atoms with Crippen LogP contribution in [0.1, 0.15) is 42.6 Å². The quantitative estimate of drug-likeness (QED) is 0.409. The molecule has 6 nitrogen and oxygen atoms in total. The normalized spacial score (nSPS) is 16.5. The number of amides is 1. The number of carbonyl (C=O) groups is 1. The summed E-state index contributed by atoms with van der Waals surface area (Å²) in [5.41, 5.74) is 7.82. The molecule has 2 aromatic heterocycles. The molecule has 2 aliphatic heterocycles. The maximum absolute atomic E-state index is 12.2. The predicted octanol–water partition coefficient (Wildman–Crippen LogP) is 5.33. The van der Waals surface area contributed by atoms with Gasteiger partial charge in [-0.1, -0.05) is 48.0 Å². The van der Waals surface area contributed by atoms with Crippen LogP contribution in [0.3, 0.4) is 0 Å². The molecule has 1 saturated heterocycles. The fourth-order valence-electron chi connectivity index (χ4n) is 5.42. The van der Waals surface area contributed by atoms with Crippen LogP contribution in [0.4, 0.5) is 0 Å². The van der Waals surface area contributed by atoms with Crippen LogP contribution in [0.15, 0.2) is 54.7 Å². The Labute approximate surface area is 205 Å². The van der Waals surface area contributed by atoms with Gasteiger partial charge in [-0.2, -0.15) is 5.10 Å². The highest BCUT2D eigenvalue weighted by atomic mass is 16.5. The second-order valence-corrected chi connectivity index (χ2v) is 9.71. The van der Waals surface area contributed by atoms with Crippen molar-refractivity contribution >= 4 is 16.7 Å². The van der Waals surface area contributed by atoms with Crippen molar-refractivity contribution < 1.29 is 9.53 Å². The zero-order chi connectivity index (χ0) is 23.9. The third kappa shape index (κ3) is 4.02. The number of hydrogen-bond acceptors (Lipinski definition) is 4. The molecular formula is C29H30N4O2. The summed E-state index contributed by atoms with van der Waals surface area (Å²) in [5.74, 6) is 0.114. The van der Waals surface area contributed by atoms with Gasteiger partial charge < -0.3 is 9.64 Å². The molecule has 2 aromatic carbocycles. The average molecular weight is 467 g/mol. The van der Waals surface area contributed by atoms with Crippen LogP contribution in [0.2, 0.25) is 0 Å². The molecule has 1 fully saturated rings. The zero-order valence-corrected chi connectivity index (χ0v) is 20.3. The largest absolute Gasteiger partial charge is 0.381 e. The third-order valence-electron chi connectivity index (χ3n) is 7.44. The molecule has 0 unspecified atom stereocenters. The van der Waals surface area contributed by atoms with Gasteiger partial charge in [-0.15, -0.1) is 0 Å². The van der Waals surface area contributed by atoms with Crippen molar-refractivity contribution in [3.8, 4) is 22.5 Å². The van der Waals surface area contributed by atoms with E-state index in [9.17, 15) is 4.79 Å². The first kappa shape index (κ1) is 22.0. The minimum atomic E-state index is 0.114. The van der Waals surface area contributed by atoms with Crippen LogP contribution in [0.5, 0.6) is 0 Å². The Morgan fingerprint density at radius 3 is 2.66 bits per heavy atom. The van der Waals surface area contributed by atoms with Gasteiger partial charge >= 0.3 is 0 Å². The number of ether oxygens (including phenoxy) is 1. The average Bonchev–Trinajstić information content (AvgIpc) is 3.27.